The highest BCUT2D eigenvalue weighted by Crippen LogP contribution is 2.11. The van der Waals surface area contributed by atoms with Crippen LogP contribution in [0.2, 0.25) is 0 Å². The Kier molecular flexibility index (Phi) is 8.44. The van der Waals surface area contributed by atoms with E-state index in [-0.39, 0.29) is 24.5 Å². The number of rotatable bonds is 9. The summed E-state index contributed by atoms with van der Waals surface area (Å²) in [7, 11) is 0. The van der Waals surface area contributed by atoms with Gasteiger partial charge in [0.15, 0.2) is 5.78 Å². The van der Waals surface area contributed by atoms with Crippen molar-refractivity contribution < 1.29 is 9.59 Å². The first-order chi connectivity index (χ1) is 10.6. The van der Waals surface area contributed by atoms with Gasteiger partial charge < -0.3 is 5.32 Å². The van der Waals surface area contributed by atoms with Gasteiger partial charge in [0.1, 0.15) is 0 Å². The fourth-order valence-corrected chi connectivity index (χ4v) is 2.61. The lowest BCUT2D eigenvalue weighted by Gasteiger charge is -2.17. The van der Waals surface area contributed by atoms with Gasteiger partial charge in [-0.3, -0.25) is 9.59 Å². The number of Topliss-reactive ketones (excluding diaryl/α,β-unsaturated/α-hetero) is 1. The van der Waals surface area contributed by atoms with Crippen LogP contribution in [0.4, 0.5) is 0 Å². The Balaban J connectivity index is 2.76. The maximum atomic E-state index is 12.2. The highest BCUT2D eigenvalue weighted by molar-refractivity contribution is 14.1. The zero-order chi connectivity index (χ0) is 16.4. The van der Waals surface area contributed by atoms with Crippen molar-refractivity contribution in [2.45, 2.75) is 38.1 Å². The minimum absolute atomic E-state index is 0.104. The predicted octanol–water partition coefficient (Wildman–Crippen LogP) is 3.16. The smallest absolute Gasteiger partial charge is 0.220 e. The minimum atomic E-state index is -0.580. The van der Waals surface area contributed by atoms with E-state index in [0.29, 0.717) is 19.3 Å². The number of nitriles is 1. The first-order valence-electron chi connectivity index (χ1n) is 7.11. The molecule has 116 valence electrons. The number of hydrogen-bond donors (Lipinski definition) is 1. The second kappa shape index (κ2) is 10.1. The molecule has 0 saturated heterocycles. The van der Waals surface area contributed by atoms with Gasteiger partial charge >= 0.3 is 0 Å². The van der Waals surface area contributed by atoms with Crippen LogP contribution >= 0.6 is 22.6 Å². The van der Waals surface area contributed by atoms with Crippen LogP contribution in [0.3, 0.4) is 0 Å². The van der Waals surface area contributed by atoms with Gasteiger partial charge in [-0.2, -0.15) is 5.26 Å². The molecule has 0 aliphatic heterocycles. The second-order valence-corrected chi connectivity index (χ2v) is 6.15. The molecule has 1 rings (SSSR count). The number of nitrogens with zero attached hydrogens (tertiary/aromatic N) is 1. The maximum Gasteiger partial charge on any atom is 0.220 e. The van der Waals surface area contributed by atoms with Crippen LogP contribution in [-0.4, -0.2) is 17.7 Å². The molecule has 0 bridgehead atoms. The zero-order valence-electron chi connectivity index (χ0n) is 12.3. The van der Waals surface area contributed by atoms with Gasteiger partial charge in [-0.05, 0) is 53.1 Å². The first-order valence-corrected chi connectivity index (χ1v) is 8.19. The SMILES string of the molecule is C=CCCC(=O)N[C@@H](Cc1cccc(I)c1)C(=O)CCC#N. The third-order valence-electron chi connectivity index (χ3n) is 3.11. The molecule has 1 atom stereocenters. The number of ketones is 1. The number of allylic oxidation sites excluding steroid dienone is 1. The highest BCUT2D eigenvalue weighted by Gasteiger charge is 2.20. The van der Waals surface area contributed by atoms with Crippen molar-refractivity contribution in [2.75, 3.05) is 0 Å². The molecule has 1 aromatic rings. The third kappa shape index (κ3) is 6.85. The van der Waals surface area contributed by atoms with Crippen LogP contribution < -0.4 is 5.32 Å². The Morgan fingerprint density at radius 1 is 1.41 bits per heavy atom. The van der Waals surface area contributed by atoms with Crippen LogP contribution in [0.1, 0.15) is 31.2 Å². The predicted molar refractivity (Wildman–Crippen MR) is 94.1 cm³/mol. The standard InChI is InChI=1S/C17H19IN2O2/c1-2-3-9-17(22)20-15(16(21)8-5-10-19)12-13-6-4-7-14(18)11-13/h2,4,6-7,11,15H,1,3,5,8-9,12H2,(H,20,22)/t15-/m0/s1. The van der Waals surface area contributed by atoms with E-state index >= 15 is 0 Å². The van der Waals surface area contributed by atoms with Crippen molar-refractivity contribution in [1.82, 2.24) is 5.32 Å². The molecule has 1 amide bonds. The molecule has 1 N–H and O–H groups in total. The molecular weight excluding hydrogens is 391 g/mol. The Morgan fingerprint density at radius 3 is 2.82 bits per heavy atom. The molecule has 0 aromatic heterocycles. The van der Waals surface area contributed by atoms with E-state index in [1.165, 1.54) is 0 Å². The van der Waals surface area contributed by atoms with E-state index in [9.17, 15) is 9.59 Å². The normalized spacial score (nSPS) is 11.3. The van der Waals surface area contributed by atoms with Gasteiger partial charge in [-0.1, -0.05) is 18.2 Å². The summed E-state index contributed by atoms with van der Waals surface area (Å²) < 4.78 is 1.08. The van der Waals surface area contributed by atoms with Crippen molar-refractivity contribution in [3.05, 3.63) is 46.1 Å². The van der Waals surface area contributed by atoms with E-state index < -0.39 is 6.04 Å². The van der Waals surface area contributed by atoms with Gasteiger partial charge in [-0.25, -0.2) is 0 Å². The lowest BCUT2D eigenvalue weighted by molar-refractivity contribution is -0.127. The van der Waals surface area contributed by atoms with E-state index in [1.54, 1.807) is 6.08 Å². The largest absolute Gasteiger partial charge is 0.346 e. The van der Waals surface area contributed by atoms with Gasteiger partial charge in [0.2, 0.25) is 5.91 Å². The third-order valence-corrected chi connectivity index (χ3v) is 3.78. The molecular formula is C17H19IN2O2. The van der Waals surface area contributed by atoms with E-state index in [2.05, 4.69) is 34.5 Å². The molecule has 0 heterocycles. The zero-order valence-corrected chi connectivity index (χ0v) is 14.5. The molecule has 4 nitrogen and oxygen atoms in total. The molecule has 5 heteroatoms. The maximum absolute atomic E-state index is 12.2. The monoisotopic (exact) mass is 410 g/mol. The number of benzene rings is 1. The lowest BCUT2D eigenvalue weighted by atomic mass is 9.99. The van der Waals surface area contributed by atoms with Crippen LogP contribution in [0, 0.1) is 14.9 Å². The van der Waals surface area contributed by atoms with E-state index in [4.69, 9.17) is 5.26 Å². The number of nitrogens with one attached hydrogen (secondary N) is 1. The molecule has 0 saturated carbocycles. The van der Waals surface area contributed by atoms with Gasteiger partial charge in [0.25, 0.3) is 0 Å². The highest BCUT2D eigenvalue weighted by atomic mass is 127. The Morgan fingerprint density at radius 2 is 2.18 bits per heavy atom. The summed E-state index contributed by atoms with van der Waals surface area (Å²) in [4.78, 5) is 24.1. The minimum Gasteiger partial charge on any atom is -0.346 e. The van der Waals surface area contributed by atoms with Crippen LogP contribution in [0.15, 0.2) is 36.9 Å². The Labute approximate surface area is 144 Å². The van der Waals surface area contributed by atoms with Gasteiger partial charge in [-0.15, -0.1) is 6.58 Å². The van der Waals surface area contributed by atoms with Crippen molar-refractivity contribution in [3.8, 4) is 6.07 Å². The van der Waals surface area contributed by atoms with Gasteiger partial charge in [0, 0.05) is 22.8 Å². The Bertz CT molecular complexity index is 578. The summed E-state index contributed by atoms with van der Waals surface area (Å²) in [5.74, 6) is -0.270. The number of carbonyl (C=O) groups excluding carboxylic acids is 2. The number of amides is 1. The van der Waals surface area contributed by atoms with Crippen molar-refractivity contribution in [1.29, 1.82) is 5.26 Å². The van der Waals surface area contributed by atoms with Crippen LogP contribution in [0.25, 0.3) is 0 Å². The van der Waals surface area contributed by atoms with Crippen molar-refractivity contribution in [3.63, 3.8) is 0 Å². The molecule has 0 aliphatic rings. The molecule has 0 aliphatic carbocycles. The molecule has 0 spiro atoms. The average molecular weight is 410 g/mol. The average Bonchev–Trinajstić information content (AvgIpc) is 2.50. The number of halogens is 1. The molecule has 22 heavy (non-hydrogen) atoms. The van der Waals surface area contributed by atoms with Crippen molar-refractivity contribution >= 4 is 34.3 Å². The molecule has 1 aromatic carbocycles. The summed E-state index contributed by atoms with van der Waals surface area (Å²) in [5, 5.41) is 11.4. The topological polar surface area (TPSA) is 70.0 Å². The molecule has 0 fully saturated rings. The summed E-state index contributed by atoms with van der Waals surface area (Å²) in [5.41, 5.74) is 0.992. The Hall–Kier alpha value is -1.68. The molecule has 0 radical (unpaired) electrons. The fraction of sp³-hybridized carbons (Fsp3) is 0.353. The summed E-state index contributed by atoms with van der Waals surface area (Å²) in [6.45, 7) is 3.58. The second-order valence-electron chi connectivity index (χ2n) is 4.91. The van der Waals surface area contributed by atoms with E-state index in [0.717, 1.165) is 9.13 Å². The van der Waals surface area contributed by atoms with Crippen molar-refractivity contribution in [2.24, 2.45) is 0 Å². The summed E-state index contributed by atoms with van der Waals surface area (Å²) in [6.07, 6.45) is 3.34. The van der Waals surface area contributed by atoms with Crippen LogP contribution in [0.5, 0.6) is 0 Å². The fourth-order valence-electron chi connectivity index (χ4n) is 2.00. The quantitative estimate of drug-likeness (QED) is 0.502. The number of hydrogen-bond acceptors (Lipinski definition) is 3. The number of carbonyl (C=O) groups is 2. The summed E-state index contributed by atoms with van der Waals surface area (Å²) >= 11 is 2.21. The van der Waals surface area contributed by atoms with Gasteiger partial charge in [0.05, 0.1) is 12.1 Å². The van der Waals surface area contributed by atoms with E-state index in [1.807, 2.05) is 30.3 Å². The first kappa shape index (κ1) is 18.4. The molecule has 0 unspecified atom stereocenters. The lowest BCUT2D eigenvalue weighted by Crippen LogP contribution is -2.42. The summed E-state index contributed by atoms with van der Waals surface area (Å²) in [6, 6.07) is 9.20. The van der Waals surface area contributed by atoms with Crippen LogP contribution in [-0.2, 0) is 16.0 Å².